The van der Waals surface area contributed by atoms with Crippen molar-refractivity contribution in [3.8, 4) is 0 Å². The van der Waals surface area contributed by atoms with E-state index in [2.05, 4.69) is 4.74 Å². The van der Waals surface area contributed by atoms with Crippen LogP contribution < -0.4 is 0 Å². The van der Waals surface area contributed by atoms with Gasteiger partial charge in [0.05, 0.1) is 12.8 Å². The molecule has 1 aromatic heterocycles. The lowest BCUT2D eigenvalue weighted by Crippen LogP contribution is -2.12. The SMILES string of the molecule is COC(=O)c1c(C)c(C)c(C(C)=O)n1C. The number of Topliss-reactive ketones (excluding diaryl/α,β-unsaturated/α-hetero) is 1. The summed E-state index contributed by atoms with van der Waals surface area (Å²) in [5.74, 6) is -0.459. The van der Waals surface area contributed by atoms with Crippen molar-refractivity contribution in [1.82, 2.24) is 4.57 Å². The van der Waals surface area contributed by atoms with Crippen molar-refractivity contribution in [3.63, 3.8) is 0 Å². The molecule has 82 valence electrons. The van der Waals surface area contributed by atoms with E-state index < -0.39 is 5.97 Å². The molecule has 0 fully saturated rings. The molecule has 0 unspecified atom stereocenters. The molecule has 0 N–H and O–H groups in total. The largest absolute Gasteiger partial charge is 0.464 e. The van der Waals surface area contributed by atoms with Crippen molar-refractivity contribution in [2.75, 3.05) is 7.11 Å². The van der Waals surface area contributed by atoms with Crippen LogP contribution in [0.4, 0.5) is 0 Å². The van der Waals surface area contributed by atoms with Gasteiger partial charge in [-0.25, -0.2) is 4.79 Å². The van der Waals surface area contributed by atoms with Crippen molar-refractivity contribution < 1.29 is 14.3 Å². The fraction of sp³-hybridized carbons (Fsp3) is 0.455. The van der Waals surface area contributed by atoms with Gasteiger partial charge in [-0.05, 0) is 25.0 Å². The molecular formula is C11H15NO3. The number of ether oxygens (including phenoxy) is 1. The van der Waals surface area contributed by atoms with Crippen LogP contribution in [0.25, 0.3) is 0 Å². The van der Waals surface area contributed by atoms with E-state index in [1.165, 1.54) is 14.0 Å². The zero-order valence-corrected chi connectivity index (χ0v) is 9.67. The summed E-state index contributed by atoms with van der Waals surface area (Å²) in [4.78, 5) is 22.9. The summed E-state index contributed by atoms with van der Waals surface area (Å²) in [5.41, 5.74) is 2.65. The van der Waals surface area contributed by atoms with Gasteiger partial charge in [0.2, 0.25) is 0 Å². The number of methoxy groups -OCH3 is 1. The number of ketones is 1. The molecule has 1 heterocycles. The number of hydrogen-bond acceptors (Lipinski definition) is 3. The molecule has 0 saturated carbocycles. The lowest BCUT2D eigenvalue weighted by molar-refractivity contribution is 0.0589. The van der Waals surface area contributed by atoms with Crippen molar-refractivity contribution in [1.29, 1.82) is 0 Å². The molecule has 0 aliphatic rings. The topological polar surface area (TPSA) is 48.3 Å². The first-order valence-electron chi connectivity index (χ1n) is 4.67. The number of nitrogens with zero attached hydrogens (tertiary/aromatic N) is 1. The van der Waals surface area contributed by atoms with Crippen LogP contribution in [-0.4, -0.2) is 23.4 Å². The lowest BCUT2D eigenvalue weighted by Gasteiger charge is -2.04. The molecule has 4 heteroatoms. The highest BCUT2D eigenvalue weighted by molar-refractivity contribution is 5.98. The van der Waals surface area contributed by atoms with Crippen LogP contribution in [0.15, 0.2) is 0 Å². The highest BCUT2D eigenvalue weighted by atomic mass is 16.5. The fourth-order valence-corrected chi connectivity index (χ4v) is 1.86. The van der Waals surface area contributed by atoms with Gasteiger partial charge in [0.1, 0.15) is 5.69 Å². The van der Waals surface area contributed by atoms with Crippen molar-refractivity contribution in [2.24, 2.45) is 7.05 Å². The average molecular weight is 209 g/mol. The predicted molar refractivity (Wildman–Crippen MR) is 56.2 cm³/mol. The Morgan fingerprint density at radius 3 is 1.93 bits per heavy atom. The van der Waals surface area contributed by atoms with E-state index in [0.29, 0.717) is 11.4 Å². The second-order valence-corrected chi connectivity index (χ2v) is 3.55. The minimum absolute atomic E-state index is 0.0479. The summed E-state index contributed by atoms with van der Waals surface area (Å²) < 4.78 is 6.27. The van der Waals surface area contributed by atoms with E-state index >= 15 is 0 Å². The van der Waals surface area contributed by atoms with Gasteiger partial charge in [-0.1, -0.05) is 0 Å². The number of esters is 1. The summed E-state index contributed by atoms with van der Waals surface area (Å²) in [6, 6.07) is 0. The Hall–Kier alpha value is -1.58. The zero-order chi connectivity index (χ0) is 11.7. The molecule has 0 aliphatic carbocycles. The highest BCUT2D eigenvalue weighted by Gasteiger charge is 2.22. The van der Waals surface area contributed by atoms with Crippen molar-refractivity contribution >= 4 is 11.8 Å². The van der Waals surface area contributed by atoms with E-state index in [1.807, 2.05) is 13.8 Å². The van der Waals surface area contributed by atoms with Gasteiger partial charge in [-0.2, -0.15) is 0 Å². The Morgan fingerprint density at radius 1 is 1.13 bits per heavy atom. The van der Waals surface area contributed by atoms with Crippen LogP contribution >= 0.6 is 0 Å². The fourth-order valence-electron chi connectivity index (χ4n) is 1.86. The first kappa shape index (κ1) is 11.5. The van der Waals surface area contributed by atoms with Crippen LogP contribution in [0.3, 0.4) is 0 Å². The normalized spacial score (nSPS) is 10.2. The van der Waals surface area contributed by atoms with Gasteiger partial charge in [0.25, 0.3) is 0 Å². The molecule has 15 heavy (non-hydrogen) atoms. The van der Waals surface area contributed by atoms with E-state index in [4.69, 9.17) is 0 Å². The second kappa shape index (κ2) is 3.88. The van der Waals surface area contributed by atoms with Crippen LogP contribution in [-0.2, 0) is 11.8 Å². The predicted octanol–water partition coefficient (Wildman–Crippen LogP) is 1.63. The Kier molecular flexibility index (Phi) is 2.98. The summed E-state index contributed by atoms with van der Waals surface area (Å²) in [6.07, 6.45) is 0. The van der Waals surface area contributed by atoms with Crippen molar-refractivity contribution in [2.45, 2.75) is 20.8 Å². The first-order chi connectivity index (χ1) is 6.91. The highest BCUT2D eigenvalue weighted by Crippen LogP contribution is 2.21. The van der Waals surface area contributed by atoms with Crippen LogP contribution in [0.5, 0.6) is 0 Å². The smallest absolute Gasteiger partial charge is 0.354 e. The maximum Gasteiger partial charge on any atom is 0.354 e. The molecular weight excluding hydrogens is 194 g/mol. The van der Waals surface area contributed by atoms with E-state index in [9.17, 15) is 9.59 Å². The van der Waals surface area contributed by atoms with E-state index in [-0.39, 0.29) is 5.78 Å². The van der Waals surface area contributed by atoms with Crippen LogP contribution in [0.1, 0.15) is 39.0 Å². The second-order valence-electron chi connectivity index (χ2n) is 3.55. The third kappa shape index (κ3) is 1.67. The average Bonchev–Trinajstić information content (AvgIpc) is 2.37. The van der Waals surface area contributed by atoms with E-state index in [1.54, 1.807) is 11.6 Å². The molecule has 0 spiro atoms. The minimum Gasteiger partial charge on any atom is -0.464 e. The summed E-state index contributed by atoms with van der Waals surface area (Å²) in [6.45, 7) is 5.13. The summed E-state index contributed by atoms with van der Waals surface area (Å²) in [5, 5.41) is 0. The van der Waals surface area contributed by atoms with Crippen LogP contribution in [0.2, 0.25) is 0 Å². The Bertz CT molecular complexity index is 430. The van der Waals surface area contributed by atoms with Gasteiger partial charge in [0.15, 0.2) is 5.78 Å². The maximum atomic E-state index is 11.5. The number of aromatic nitrogens is 1. The van der Waals surface area contributed by atoms with Gasteiger partial charge in [0, 0.05) is 14.0 Å². The lowest BCUT2D eigenvalue weighted by atomic mass is 10.1. The summed E-state index contributed by atoms with van der Waals surface area (Å²) in [7, 11) is 3.03. The quantitative estimate of drug-likeness (QED) is 0.549. The molecule has 0 aliphatic heterocycles. The molecule has 4 nitrogen and oxygen atoms in total. The zero-order valence-electron chi connectivity index (χ0n) is 9.67. The number of hydrogen-bond donors (Lipinski definition) is 0. The number of rotatable bonds is 2. The standard InChI is InChI=1S/C11H15NO3/c1-6-7(2)10(11(14)15-5)12(4)9(6)8(3)13/h1-5H3. The molecule has 1 aromatic rings. The van der Waals surface area contributed by atoms with Gasteiger partial charge < -0.3 is 9.30 Å². The molecule has 0 amide bonds. The Balaban J connectivity index is 3.49. The molecule has 0 atom stereocenters. The summed E-state index contributed by atoms with van der Waals surface area (Å²) >= 11 is 0. The molecule has 0 bridgehead atoms. The third-order valence-corrected chi connectivity index (χ3v) is 2.66. The molecule has 1 rings (SSSR count). The van der Waals surface area contributed by atoms with Gasteiger partial charge in [-0.15, -0.1) is 0 Å². The third-order valence-electron chi connectivity index (χ3n) is 2.66. The molecule has 0 aromatic carbocycles. The first-order valence-corrected chi connectivity index (χ1v) is 4.67. The Morgan fingerprint density at radius 2 is 1.60 bits per heavy atom. The molecule has 0 saturated heterocycles. The van der Waals surface area contributed by atoms with Crippen LogP contribution in [0, 0.1) is 13.8 Å². The van der Waals surface area contributed by atoms with Gasteiger partial charge in [-0.3, -0.25) is 4.79 Å². The number of carbonyl (C=O) groups excluding carboxylic acids is 2. The van der Waals surface area contributed by atoms with Crippen molar-refractivity contribution in [3.05, 3.63) is 22.5 Å². The Labute approximate surface area is 88.8 Å². The monoisotopic (exact) mass is 209 g/mol. The molecule has 0 radical (unpaired) electrons. The minimum atomic E-state index is -0.411. The van der Waals surface area contributed by atoms with Gasteiger partial charge >= 0.3 is 5.97 Å². The number of carbonyl (C=O) groups is 2. The maximum absolute atomic E-state index is 11.5. The van der Waals surface area contributed by atoms with E-state index in [0.717, 1.165) is 11.1 Å².